The van der Waals surface area contributed by atoms with Crippen molar-refractivity contribution in [2.75, 3.05) is 26.8 Å². The summed E-state index contributed by atoms with van der Waals surface area (Å²) in [6, 6.07) is 2.14. The van der Waals surface area contributed by atoms with Crippen LogP contribution in [0.15, 0.2) is 30.9 Å². The van der Waals surface area contributed by atoms with Gasteiger partial charge in [-0.1, -0.05) is 0 Å². The van der Waals surface area contributed by atoms with E-state index in [0.29, 0.717) is 11.8 Å². The Labute approximate surface area is 119 Å². The smallest absolute Gasteiger partial charge is 0.0525 e. The van der Waals surface area contributed by atoms with Gasteiger partial charge in [-0.05, 0) is 17.2 Å². The van der Waals surface area contributed by atoms with Crippen molar-refractivity contribution in [1.82, 2.24) is 19.7 Å². The average molecular weight is 274 g/mol. The number of hydrogen-bond acceptors (Lipinski definition) is 3. The molecule has 0 aromatic carbocycles. The quantitative estimate of drug-likeness (QED) is 0.901. The van der Waals surface area contributed by atoms with E-state index in [9.17, 15) is 0 Å². The predicted octanol–water partition coefficient (Wildman–Crippen LogP) is 1.61. The minimum Gasteiger partial charge on any atom is -0.384 e. The van der Waals surface area contributed by atoms with Gasteiger partial charge in [-0.25, -0.2) is 0 Å². The lowest BCUT2D eigenvalue weighted by molar-refractivity contribution is 0.147. The minimum atomic E-state index is 0.516. The van der Waals surface area contributed by atoms with Crippen molar-refractivity contribution < 1.29 is 4.74 Å². The first-order valence-electron chi connectivity index (χ1n) is 7.07. The van der Waals surface area contributed by atoms with Gasteiger partial charge in [0.1, 0.15) is 0 Å². The van der Waals surface area contributed by atoms with Crippen LogP contribution in [0.3, 0.4) is 0 Å². The van der Waals surface area contributed by atoms with Gasteiger partial charge >= 0.3 is 0 Å². The van der Waals surface area contributed by atoms with Crippen molar-refractivity contribution >= 4 is 0 Å². The molecule has 3 heterocycles. The van der Waals surface area contributed by atoms with Crippen LogP contribution in [0.4, 0.5) is 0 Å². The summed E-state index contributed by atoms with van der Waals surface area (Å²) in [7, 11) is 3.76. The molecule has 2 aromatic rings. The van der Waals surface area contributed by atoms with Crippen molar-refractivity contribution in [3.05, 3.63) is 42.0 Å². The first-order valence-corrected chi connectivity index (χ1v) is 7.07. The highest BCUT2D eigenvalue weighted by Gasteiger charge is 2.34. The lowest BCUT2D eigenvalue weighted by Crippen LogP contribution is -2.20. The highest BCUT2D eigenvalue weighted by Crippen LogP contribution is 2.33. The van der Waals surface area contributed by atoms with Gasteiger partial charge in [-0.15, -0.1) is 0 Å². The van der Waals surface area contributed by atoms with Gasteiger partial charge in [0.05, 0.1) is 12.8 Å². The number of aromatic amines is 1. The van der Waals surface area contributed by atoms with Crippen LogP contribution in [0.2, 0.25) is 0 Å². The molecule has 2 atom stereocenters. The molecule has 0 saturated carbocycles. The summed E-state index contributed by atoms with van der Waals surface area (Å²) in [4.78, 5) is 5.63. The minimum absolute atomic E-state index is 0.516. The first-order chi connectivity index (χ1) is 9.76. The Kier molecular flexibility index (Phi) is 3.89. The van der Waals surface area contributed by atoms with E-state index >= 15 is 0 Å². The Bertz CT molecular complexity index is 534. The SMILES string of the molecule is COC[C@@H]1CN(Cc2cc[nH]c2)C[C@H]1c1cnn(C)c1. The number of hydrogen-bond donors (Lipinski definition) is 1. The number of H-pyrrole nitrogens is 1. The fourth-order valence-electron chi connectivity index (χ4n) is 3.20. The number of nitrogens with one attached hydrogen (secondary N) is 1. The molecule has 1 saturated heterocycles. The monoisotopic (exact) mass is 274 g/mol. The van der Waals surface area contributed by atoms with E-state index in [1.54, 1.807) is 7.11 Å². The third-order valence-corrected chi connectivity index (χ3v) is 4.12. The predicted molar refractivity (Wildman–Crippen MR) is 77.4 cm³/mol. The summed E-state index contributed by atoms with van der Waals surface area (Å²) in [5, 5.41) is 4.31. The number of rotatable bonds is 5. The van der Waals surface area contributed by atoms with E-state index in [0.717, 1.165) is 26.2 Å². The van der Waals surface area contributed by atoms with Crippen LogP contribution in [0.25, 0.3) is 0 Å². The lowest BCUT2D eigenvalue weighted by Gasteiger charge is -2.15. The van der Waals surface area contributed by atoms with Gasteiger partial charge in [-0.3, -0.25) is 9.58 Å². The van der Waals surface area contributed by atoms with Crippen LogP contribution in [-0.2, 0) is 18.3 Å². The van der Waals surface area contributed by atoms with Gasteiger partial charge in [0.25, 0.3) is 0 Å². The summed E-state index contributed by atoms with van der Waals surface area (Å²) >= 11 is 0. The molecule has 5 nitrogen and oxygen atoms in total. The van der Waals surface area contributed by atoms with Crippen molar-refractivity contribution in [3.63, 3.8) is 0 Å². The Hall–Kier alpha value is -1.59. The second-order valence-electron chi connectivity index (χ2n) is 5.68. The van der Waals surface area contributed by atoms with Crippen molar-refractivity contribution in [1.29, 1.82) is 0 Å². The second kappa shape index (κ2) is 5.81. The van der Waals surface area contributed by atoms with Gasteiger partial charge < -0.3 is 9.72 Å². The van der Waals surface area contributed by atoms with Crippen LogP contribution in [0.5, 0.6) is 0 Å². The van der Waals surface area contributed by atoms with Crippen LogP contribution in [0.1, 0.15) is 17.0 Å². The summed E-state index contributed by atoms with van der Waals surface area (Å²) in [5.41, 5.74) is 2.67. The van der Waals surface area contributed by atoms with Crippen LogP contribution < -0.4 is 0 Å². The number of likely N-dealkylation sites (tertiary alicyclic amines) is 1. The topological polar surface area (TPSA) is 46.1 Å². The summed E-state index contributed by atoms with van der Waals surface area (Å²) in [5.74, 6) is 1.06. The average Bonchev–Trinajstić information content (AvgIpc) is 3.12. The molecule has 1 N–H and O–H groups in total. The van der Waals surface area contributed by atoms with Crippen LogP contribution >= 0.6 is 0 Å². The molecule has 0 aliphatic carbocycles. The lowest BCUT2D eigenvalue weighted by atomic mass is 9.92. The van der Waals surface area contributed by atoms with E-state index in [1.165, 1.54) is 11.1 Å². The number of aromatic nitrogens is 3. The molecule has 5 heteroatoms. The number of nitrogens with zero attached hydrogens (tertiary/aromatic N) is 3. The molecule has 2 aromatic heterocycles. The van der Waals surface area contributed by atoms with Gasteiger partial charge in [0.15, 0.2) is 0 Å². The van der Waals surface area contributed by atoms with E-state index in [4.69, 9.17) is 4.74 Å². The zero-order valence-corrected chi connectivity index (χ0v) is 12.1. The molecular weight excluding hydrogens is 252 g/mol. The number of ether oxygens (including phenoxy) is 1. The molecule has 0 unspecified atom stereocenters. The third-order valence-electron chi connectivity index (χ3n) is 4.12. The molecule has 1 aliphatic rings. The first kappa shape index (κ1) is 13.4. The largest absolute Gasteiger partial charge is 0.384 e. The standard InChI is InChI=1S/C15H22N4O/c1-18-8-13(6-17-18)15-10-19(9-14(15)11-20-2)7-12-3-4-16-5-12/h3-6,8,14-16H,7,9-11H2,1-2H3/t14-,15-/m0/s1. The molecule has 1 aliphatic heterocycles. The fourth-order valence-corrected chi connectivity index (χ4v) is 3.20. The van der Waals surface area contributed by atoms with Gasteiger partial charge in [0.2, 0.25) is 0 Å². The van der Waals surface area contributed by atoms with E-state index in [2.05, 4.69) is 33.4 Å². The highest BCUT2D eigenvalue weighted by molar-refractivity contribution is 5.17. The number of aryl methyl sites for hydroxylation is 1. The maximum absolute atomic E-state index is 5.41. The molecule has 3 rings (SSSR count). The summed E-state index contributed by atoms with van der Waals surface area (Å²) in [6.45, 7) is 3.97. The molecular formula is C15H22N4O. The molecule has 1 fully saturated rings. The maximum Gasteiger partial charge on any atom is 0.0525 e. The van der Waals surface area contributed by atoms with Gasteiger partial charge in [-0.2, -0.15) is 5.10 Å². The van der Waals surface area contributed by atoms with Gasteiger partial charge in [0, 0.05) is 64.2 Å². The van der Waals surface area contributed by atoms with E-state index in [1.807, 2.05) is 24.1 Å². The second-order valence-corrected chi connectivity index (χ2v) is 5.68. The number of methoxy groups -OCH3 is 1. The molecule has 0 spiro atoms. The Balaban J connectivity index is 1.71. The Morgan fingerprint density at radius 3 is 3.00 bits per heavy atom. The summed E-state index contributed by atoms with van der Waals surface area (Å²) in [6.07, 6.45) is 8.18. The molecule has 0 radical (unpaired) electrons. The fraction of sp³-hybridized carbons (Fsp3) is 0.533. The zero-order chi connectivity index (χ0) is 13.9. The highest BCUT2D eigenvalue weighted by atomic mass is 16.5. The molecule has 20 heavy (non-hydrogen) atoms. The normalized spacial score (nSPS) is 23.5. The summed E-state index contributed by atoms with van der Waals surface area (Å²) < 4.78 is 7.29. The van der Waals surface area contributed by atoms with E-state index < -0.39 is 0 Å². The molecule has 0 bridgehead atoms. The maximum atomic E-state index is 5.41. The molecule has 0 amide bonds. The van der Waals surface area contributed by atoms with E-state index in [-0.39, 0.29) is 0 Å². The van der Waals surface area contributed by atoms with Crippen LogP contribution in [-0.4, -0.2) is 46.5 Å². The Morgan fingerprint density at radius 2 is 2.35 bits per heavy atom. The Morgan fingerprint density at radius 1 is 1.45 bits per heavy atom. The third kappa shape index (κ3) is 2.78. The van der Waals surface area contributed by atoms with Crippen molar-refractivity contribution in [3.8, 4) is 0 Å². The zero-order valence-electron chi connectivity index (χ0n) is 12.1. The molecule has 108 valence electrons. The van der Waals surface area contributed by atoms with Crippen LogP contribution in [0, 0.1) is 5.92 Å². The van der Waals surface area contributed by atoms with Crippen molar-refractivity contribution in [2.24, 2.45) is 13.0 Å². The van der Waals surface area contributed by atoms with Crippen molar-refractivity contribution in [2.45, 2.75) is 12.5 Å².